The quantitative estimate of drug-likeness (QED) is 0.780. The van der Waals surface area contributed by atoms with Gasteiger partial charge in [0.1, 0.15) is 11.4 Å². The van der Waals surface area contributed by atoms with Gasteiger partial charge in [-0.3, -0.25) is 0 Å². The number of aromatic nitrogens is 3. The molecule has 2 aromatic heterocycles. The van der Waals surface area contributed by atoms with Crippen molar-refractivity contribution in [3.63, 3.8) is 0 Å². The number of hydrogen-bond acceptors (Lipinski definition) is 4. The number of rotatable bonds is 3. The van der Waals surface area contributed by atoms with E-state index in [1.165, 1.54) is 5.56 Å². The summed E-state index contributed by atoms with van der Waals surface area (Å²) in [6.45, 7) is 1.85. The van der Waals surface area contributed by atoms with E-state index in [-0.39, 0.29) is 6.61 Å². The zero-order chi connectivity index (χ0) is 13.2. The third-order valence-corrected chi connectivity index (χ3v) is 2.92. The highest BCUT2D eigenvalue weighted by Crippen LogP contribution is 2.25. The standard InChI is InChI=1S/C14H13N3O2/c1-10-4-6-11(7-5-10)17-14(12(9-18)15-16-17)13-3-2-8-19-13/h2-8,18H,9H2,1H3. The van der Waals surface area contributed by atoms with E-state index in [9.17, 15) is 5.11 Å². The lowest BCUT2D eigenvalue weighted by Crippen LogP contribution is -1.99. The number of furan rings is 1. The van der Waals surface area contributed by atoms with Gasteiger partial charge in [0, 0.05) is 0 Å². The fourth-order valence-corrected chi connectivity index (χ4v) is 1.95. The molecule has 0 atom stereocenters. The fourth-order valence-electron chi connectivity index (χ4n) is 1.95. The van der Waals surface area contributed by atoms with Crippen LogP contribution in [0.3, 0.4) is 0 Å². The molecule has 3 aromatic rings. The Labute approximate surface area is 110 Å². The average molecular weight is 255 g/mol. The summed E-state index contributed by atoms with van der Waals surface area (Å²) in [7, 11) is 0. The van der Waals surface area contributed by atoms with Crippen LogP contribution < -0.4 is 0 Å². The molecule has 0 unspecified atom stereocenters. The van der Waals surface area contributed by atoms with Gasteiger partial charge in [0.05, 0.1) is 18.6 Å². The molecule has 5 heteroatoms. The Morgan fingerprint density at radius 2 is 2.00 bits per heavy atom. The van der Waals surface area contributed by atoms with Crippen molar-refractivity contribution in [1.29, 1.82) is 0 Å². The van der Waals surface area contributed by atoms with Crippen LogP contribution >= 0.6 is 0 Å². The first-order chi connectivity index (χ1) is 9.29. The van der Waals surface area contributed by atoms with Gasteiger partial charge in [0.25, 0.3) is 0 Å². The molecule has 0 saturated heterocycles. The lowest BCUT2D eigenvalue weighted by atomic mass is 10.2. The van der Waals surface area contributed by atoms with E-state index in [1.807, 2.05) is 37.3 Å². The van der Waals surface area contributed by atoms with Gasteiger partial charge in [-0.05, 0) is 31.2 Å². The predicted molar refractivity (Wildman–Crippen MR) is 69.7 cm³/mol. The van der Waals surface area contributed by atoms with E-state index < -0.39 is 0 Å². The number of nitrogens with zero attached hydrogens (tertiary/aromatic N) is 3. The molecule has 0 amide bonds. The van der Waals surface area contributed by atoms with E-state index in [1.54, 1.807) is 17.0 Å². The van der Waals surface area contributed by atoms with Gasteiger partial charge in [-0.2, -0.15) is 0 Å². The van der Waals surface area contributed by atoms with Gasteiger partial charge >= 0.3 is 0 Å². The maximum Gasteiger partial charge on any atom is 0.154 e. The molecule has 0 aliphatic heterocycles. The van der Waals surface area contributed by atoms with Crippen LogP contribution in [0.1, 0.15) is 11.3 Å². The summed E-state index contributed by atoms with van der Waals surface area (Å²) < 4.78 is 7.06. The maximum absolute atomic E-state index is 9.36. The molecular formula is C14H13N3O2. The predicted octanol–water partition coefficient (Wildman–Crippen LogP) is 2.33. The smallest absolute Gasteiger partial charge is 0.154 e. The van der Waals surface area contributed by atoms with Gasteiger partial charge in [-0.15, -0.1) is 5.10 Å². The summed E-state index contributed by atoms with van der Waals surface area (Å²) in [5, 5.41) is 17.4. The molecule has 0 fully saturated rings. The molecular weight excluding hydrogens is 242 g/mol. The zero-order valence-corrected chi connectivity index (χ0v) is 10.4. The van der Waals surface area contributed by atoms with Gasteiger partial charge in [0.2, 0.25) is 0 Å². The highest BCUT2D eigenvalue weighted by Gasteiger charge is 2.17. The maximum atomic E-state index is 9.36. The second-order valence-electron chi connectivity index (χ2n) is 4.27. The first-order valence-corrected chi connectivity index (χ1v) is 5.96. The van der Waals surface area contributed by atoms with Crippen molar-refractivity contribution in [2.75, 3.05) is 0 Å². The van der Waals surface area contributed by atoms with Crippen LogP contribution in [0.15, 0.2) is 47.1 Å². The molecule has 1 N–H and O–H groups in total. The van der Waals surface area contributed by atoms with E-state index >= 15 is 0 Å². The molecule has 0 aliphatic rings. The Balaban J connectivity index is 2.17. The Bertz CT molecular complexity index is 669. The Morgan fingerprint density at radius 3 is 2.63 bits per heavy atom. The van der Waals surface area contributed by atoms with Crippen molar-refractivity contribution >= 4 is 0 Å². The topological polar surface area (TPSA) is 64.1 Å². The number of aryl methyl sites for hydroxylation is 1. The van der Waals surface area contributed by atoms with E-state index in [0.29, 0.717) is 17.1 Å². The number of aliphatic hydroxyl groups excluding tert-OH is 1. The summed E-state index contributed by atoms with van der Waals surface area (Å²) in [6.07, 6.45) is 1.59. The molecule has 0 spiro atoms. The minimum absolute atomic E-state index is 0.179. The van der Waals surface area contributed by atoms with Crippen molar-refractivity contribution in [2.24, 2.45) is 0 Å². The number of benzene rings is 1. The third kappa shape index (κ3) is 2.04. The zero-order valence-electron chi connectivity index (χ0n) is 10.4. The molecule has 2 heterocycles. The number of aliphatic hydroxyl groups is 1. The van der Waals surface area contributed by atoms with Crippen LogP contribution in [0.25, 0.3) is 17.1 Å². The molecule has 5 nitrogen and oxygen atoms in total. The van der Waals surface area contributed by atoms with E-state index in [0.717, 1.165) is 5.69 Å². The van der Waals surface area contributed by atoms with E-state index in [2.05, 4.69) is 10.3 Å². The molecule has 0 bridgehead atoms. The van der Waals surface area contributed by atoms with Crippen molar-refractivity contribution in [1.82, 2.24) is 15.0 Å². The minimum atomic E-state index is -0.179. The number of hydrogen-bond donors (Lipinski definition) is 1. The SMILES string of the molecule is Cc1ccc(-n2nnc(CO)c2-c2ccco2)cc1. The first-order valence-electron chi connectivity index (χ1n) is 5.96. The first kappa shape index (κ1) is 11.7. The fraction of sp³-hybridized carbons (Fsp3) is 0.143. The van der Waals surface area contributed by atoms with E-state index in [4.69, 9.17) is 4.42 Å². The normalized spacial score (nSPS) is 10.8. The molecule has 0 aliphatic carbocycles. The Morgan fingerprint density at radius 1 is 1.21 bits per heavy atom. The second-order valence-corrected chi connectivity index (χ2v) is 4.27. The second kappa shape index (κ2) is 4.70. The van der Waals surface area contributed by atoms with Gasteiger partial charge in [-0.1, -0.05) is 22.9 Å². The third-order valence-electron chi connectivity index (χ3n) is 2.92. The largest absolute Gasteiger partial charge is 0.463 e. The summed E-state index contributed by atoms with van der Waals surface area (Å²) in [6, 6.07) is 11.5. The van der Waals surface area contributed by atoms with Crippen LogP contribution in [0.4, 0.5) is 0 Å². The van der Waals surface area contributed by atoms with Crippen molar-refractivity contribution in [2.45, 2.75) is 13.5 Å². The summed E-state index contributed by atoms with van der Waals surface area (Å²) in [5.74, 6) is 0.634. The minimum Gasteiger partial charge on any atom is -0.463 e. The molecule has 1 aromatic carbocycles. The average Bonchev–Trinajstić information content (AvgIpc) is 3.07. The van der Waals surface area contributed by atoms with Gasteiger partial charge < -0.3 is 9.52 Å². The van der Waals surface area contributed by atoms with Crippen LogP contribution in [0, 0.1) is 6.92 Å². The molecule has 3 rings (SSSR count). The monoisotopic (exact) mass is 255 g/mol. The highest BCUT2D eigenvalue weighted by molar-refractivity contribution is 5.58. The Kier molecular flexibility index (Phi) is 2.89. The highest BCUT2D eigenvalue weighted by atomic mass is 16.3. The molecule has 0 saturated carbocycles. The molecule has 96 valence electrons. The summed E-state index contributed by atoms with van der Waals surface area (Å²) in [5.41, 5.74) is 3.22. The van der Waals surface area contributed by atoms with Crippen LogP contribution in [0.2, 0.25) is 0 Å². The van der Waals surface area contributed by atoms with Crippen molar-refractivity contribution in [3.05, 3.63) is 53.9 Å². The van der Waals surface area contributed by atoms with Crippen LogP contribution in [0.5, 0.6) is 0 Å². The van der Waals surface area contributed by atoms with Crippen molar-refractivity contribution < 1.29 is 9.52 Å². The summed E-state index contributed by atoms with van der Waals surface area (Å²) >= 11 is 0. The molecule has 0 radical (unpaired) electrons. The van der Waals surface area contributed by atoms with Gasteiger partial charge in [-0.25, -0.2) is 4.68 Å². The van der Waals surface area contributed by atoms with Crippen molar-refractivity contribution in [3.8, 4) is 17.1 Å². The van der Waals surface area contributed by atoms with Crippen LogP contribution in [-0.2, 0) is 6.61 Å². The lowest BCUT2D eigenvalue weighted by Gasteiger charge is -2.05. The summed E-state index contributed by atoms with van der Waals surface area (Å²) in [4.78, 5) is 0. The lowest BCUT2D eigenvalue weighted by molar-refractivity contribution is 0.277. The Hall–Kier alpha value is -2.40. The van der Waals surface area contributed by atoms with Crippen LogP contribution in [-0.4, -0.2) is 20.1 Å². The van der Waals surface area contributed by atoms with Gasteiger partial charge in [0.15, 0.2) is 5.76 Å². The molecule has 19 heavy (non-hydrogen) atoms.